The van der Waals surface area contributed by atoms with E-state index in [1.807, 2.05) is 0 Å². The van der Waals surface area contributed by atoms with Crippen molar-refractivity contribution in [3.05, 3.63) is 65.1 Å². The van der Waals surface area contributed by atoms with E-state index in [0.29, 0.717) is 29.9 Å². The Morgan fingerprint density at radius 2 is 1.68 bits per heavy atom. The van der Waals surface area contributed by atoms with Crippen LogP contribution in [0.4, 0.5) is 4.39 Å². The topological polar surface area (TPSA) is 88.9 Å². The first-order chi connectivity index (χ1) is 17.6. The number of hydrogen-bond donors (Lipinski definition) is 0. The number of likely N-dealkylation sites (N-methyl/N-ethyl adjacent to an activating group) is 1. The Morgan fingerprint density at radius 1 is 1.03 bits per heavy atom. The largest absolute Gasteiger partial charge is 0.496 e. The van der Waals surface area contributed by atoms with Crippen LogP contribution < -0.4 is 4.74 Å². The van der Waals surface area contributed by atoms with Crippen LogP contribution in [0, 0.1) is 11.7 Å². The first kappa shape index (κ1) is 26.1. The first-order valence-corrected chi connectivity index (χ1v) is 12.1. The van der Waals surface area contributed by atoms with Gasteiger partial charge in [-0.1, -0.05) is 12.1 Å². The third-order valence-electron chi connectivity index (χ3n) is 6.88. The van der Waals surface area contributed by atoms with Crippen molar-refractivity contribution in [2.75, 3.05) is 34.3 Å². The van der Waals surface area contributed by atoms with Gasteiger partial charge >= 0.3 is 0 Å². The highest BCUT2D eigenvalue weighted by Crippen LogP contribution is 2.32. The molecule has 1 fully saturated rings. The molecule has 0 spiro atoms. The number of ether oxygens (including phenoxy) is 1. The van der Waals surface area contributed by atoms with Gasteiger partial charge in [-0.2, -0.15) is 0 Å². The minimum atomic E-state index is -0.764. The van der Waals surface area contributed by atoms with Gasteiger partial charge in [-0.15, -0.1) is 0 Å². The molecule has 1 aromatic heterocycles. The number of halogens is 1. The molecule has 9 heteroatoms. The maximum atomic E-state index is 13.6. The number of aromatic nitrogens is 1. The van der Waals surface area contributed by atoms with Gasteiger partial charge in [-0.25, -0.2) is 4.39 Å². The van der Waals surface area contributed by atoms with Crippen molar-refractivity contribution in [1.29, 1.82) is 0 Å². The van der Waals surface area contributed by atoms with Crippen LogP contribution >= 0.6 is 0 Å². The Bertz CT molecular complexity index is 1370. The Balaban J connectivity index is 1.62. The number of carbonyl (C=O) groups excluding carboxylic acids is 4. The zero-order valence-corrected chi connectivity index (χ0v) is 21.4. The molecule has 2 heterocycles. The monoisotopic (exact) mass is 507 g/mol. The van der Waals surface area contributed by atoms with Gasteiger partial charge < -0.3 is 14.5 Å². The van der Waals surface area contributed by atoms with Crippen LogP contribution in [-0.2, 0) is 11.2 Å². The molecule has 0 atom stereocenters. The second-order valence-electron chi connectivity index (χ2n) is 9.60. The van der Waals surface area contributed by atoms with Crippen molar-refractivity contribution in [2.24, 2.45) is 5.92 Å². The Morgan fingerprint density at radius 3 is 2.24 bits per heavy atom. The summed E-state index contributed by atoms with van der Waals surface area (Å²) in [5, 5.41) is 0.339. The van der Waals surface area contributed by atoms with Gasteiger partial charge in [0.15, 0.2) is 0 Å². The molecule has 1 saturated heterocycles. The lowest BCUT2D eigenvalue weighted by Gasteiger charge is -2.32. The highest BCUT2D eigenvalue weighted by atomic mass is 19.1. The summed E-state index contributed by atoms with van der Waals surface area (Å²) < 4.78 is 20.0. The van der Waals surface area contributed by atoms with Crippen molar-refractivity contribution < 1.29 is 28.3 Å². The van der Waals surface area contributed by atoms with Crippen LogP contribution in [0.25, 0.3) is 10.9 Å². The second-order valence-corrected chi connectivity index (χ2v) is 9.60. The minimum absolute atomic E-state index is 0.0543. The van der Waals surface area contributed by atoms with Crippen LogP contribution in [0.3, 0.4) is 0 Å². The summed E-state index contributed by atoms with van der Waals surface area (Å²) in [6.07, 6.45) is 3.76. The molecule has 8 nitrogen and oxygen atoms in total. The van der Waals surface area contributed by atoms with Crippen LogP contribution in [-0.4, -0.2) is 72.2 Å². The average molecular weight is 508 g/mol. The number of fused-ring (bicyclic) bond motifs is 1. The second kappa shape index (κ2) is 10.5. The maximum absolute atomic E-state index is 13.6. The molecule has 0 aliphatic carbocycles. The standard InChI is InChI=1S/C28H30FN3O5/c1-17(33)32-16-23(26(34)28(36)30(2)3)21-14-22(25(37-4)15-24(21)32)27(35)31-11-9-19(10-12-31)13-18-5-7-20(29)8-6-18/h5-8,14-16,19H,9-13H2,1-4H3. The summed E-state index contributed by atoms with van der Waals surface area (Å²) in [4.78, 5) is 54.1. The van der Waals surface area contributed by atoms with E-state index in [4.69, 9.17) is 4.74 Å². The summed E-state index contributed by atoms with van der Waals surface area (Å²) in [6, 6.07) is 9.60. The van der Waals surface area contributed by atoms with Gasteiger partial charge in [0.2, 0.25) is 5.91 Å². The van der Waals surface area contributed by atoms with E-state index in [-0.39, 0.29) is 34.5 Å². The Hall–Kier alpha value is -4.01. The quantitative estimate of drug-likeness (QED) is 0.374. The van der Waals surface area contributed by atoms with E-state index in [1.165, 1.54) is 62.0 Å². The normalized spacial score (nSPS) is 14.0. The fourth-order valence-electron chi connectivity index (χ4n) is 4.81. The fraction of sp³-hybridized carbons (Fsp3) is 0.357. The lowest BCUT2D eigenvalue weighted by atomic mass is 9.90. The SMILES string of the molecule is COc1cc2c(cc1C(=O)N1CCC(Cc3ccc(F)cc3)CC1)c(C(=O)C(=O)N(C)C)cn2C(C)=O. The van der Waals surface area contributed by atoms with Gasteiger partial charge in [0, 0.05) is 51.8 Å². The Kier molecular flexibility index (Phi) is 7.42. The molecule has 2 aromatic carbocycles. The molecule has 1 aliphatic heterocycles. The van der Waals surface area contributed by atoms with E-state index >= 15 is 0 Å². The smallest absolute Gasteiger partial charge is 0.294 e. The third kappa shape index (κ3) is 5.26. The van der Waals surface area contributed by atoms with Crippen molar-refractivity contribution in [2.45, 2.75) is 26.2 Å². The number of nitrogens with zero attached hydrogens (tertiary/aromatic N) is 3. The van der Waals surface area contributed by atoms with E-state index in [0.717, 1.165) is 24.8 Å². The van der Waals surface area contributed by atoms with E-state index < -0.39 is 11.7 Å². The summed E-state index contributed by atoms with van der Waals surface area (Å²) in [6.45, 7) is 2.44. The number of rotatable bonds is 6. The molecule has 0 N–H and O–H groups in total. The summed E-state index contributed by atoms with van der Waals surface area (Å²) in [5.74, 6) is -1.67. The molecular weight excluding hydrogens is 477 g/mol. The number of likely N-dealkylation sites (tertiary alicyclic amines) is 1. The predicted octanol–water partition coefficient (Wildman–Crippen LogP) is 3.81. The zero-order chi connectivity index (χ0) is 26.9. The lowest BCUT2D eigenvalue weighted by Crippen LogP contribution is -2.39. The van der Waals surface area contributed by atoms with E-state index in [9.17, 15) is 23.6 Å². The maximum Gasteiger partial charge on any atom is 0.294 e. The predicted molar refractivity (Wildman–Crippen MR) is 137 cm³/mol. The summed E-state index contributed by atoms with van der Waals surface area (Å²) in [5.41, 5.74) is 1.77. The van der Waals surface area contributed by atoms with Gasteiger partial charge in [0.1, 0.15) is 11.6 Å². The zero-order valence-electron chi connectivity index (χ0n) is 21.4. The number of methoxy groups -OCH3 is 1. The number of benzene rings is 2. The minimum Gasteiger partial charge on any atom is -0.496 e. The number of hydrogen-bond acceptors (Lipinski definition) is 5. The average Bonchev–Trinajstić information content (AvgIpc) is 3.27. The first-order valence-electron chi connectivity index (χ1n) is 12.1. The molecule has 194 valence electrons. The third-order valence-corrected chi connectivity index (χ3v) is 6.88. The molecule has 0 saturated carbocycles. The van der Waals surface area contributed by atoms with Gasteiger partial charge in [-0.3, -0.25) is 23.7 Å². The van der Waals surface area contributed by atoms with Crippen LogP contribution in [0.15, 0.2) is 42.6 Å². The molecule has 37 heavy (non-hydrogen) atoms. The number of Topliss-reactive ketones (excluding diaryl/α,β-unsaturated/α-hetero) is 1. The van der Waals surface area contributed by atoms with Gasteiger partial charge in [0.25, 0.3) is 17.6 Å². The molecule has 2 amide bonds. The van der Waals surface area contributed by atoms with Crippen LogP contribution in [0.2, 0.25) is 0 Å². The van der Waals surface area contributed by atoms with Gasteiger partial charge in [-0.05, 0) is 48.9 Å². The molecule has 0 radical (unpaired) electrons. The van der Waals surface area contributed by atoms with Crippen molar-refractivity contribution in [3.63, 3.8) is 0 Å². The number of ketones is 1. The molecular formula is C28H30FN3O5. The molecule has 3 aromatic rings. The van der Waals surface area contributed by atoms with Crippen molar-refractivity contribution in [1.82, 2.24) is 14.4 Å². The van der Waals surface area contributed by atoms with E-state index in [1.54, 1.807) is 23.1 Å². The van der Waals surface area contributed by atoms with Crippen molar-refractivity contribution >= 4 is 34.4 Å². The van der Waals surface area contributed by atoms with E-state index in [2.05, 4.69) is 0 Å². The van der Waals surface area contributed by atoms with Gasteiger partial charge in [0.05, 0.1) is 23.8 Å². The number of carbonyl (C=O) groups is 4. The molecule has 1 aliphatic rings. The Labute approximate surface area is 214 Å². The highest BCUT2D eigenvalue weighted by molar-refractivity contribution is 6.45. The summed E-state index contributed by atoms with van der Waals surface area (Å²) >= 11 is 0. The lowest BCUT2D eigenvalue weighted by molar-refractivity contribution is -0.124. The molecule has 4 rings (SSSR count). The van der Waals surface area contributed by atoms with Crippen LogP contribution in [0.1, 0.15) is 50.8 Å². The number of piperidine rings is 1. The van der Waals surface area contributed by atoms with Crippen molar-refractivity contribution in [3.8, 4) is 5.75 Å². The molecule has 0 unspecified atom stereocenters. The molecule has 0 bridgehead atoms. The number of amides is 2. The summed E-state index contributed by atoms with van der Waals surface area (Å²) in [7, 11) is 4.39. The van der Waals surface area contributed by atoms with Crippen LogP contribution in [0.5, 0.6) is 5.75 Å². The fourth-order valence-corrected chi connectivity index (χ4v) is 4.81. The highest BCUT2D eigenvalue weighted by Gasteiger charge is 2.29.